The highest BCUT2D eigenvalue weighted by atomic mass is 19.1. The molecule has 1 aliphatic rings. The van der Waals surface area contributed by atoms with E-state index in [9.17, 15) is 9.18 Å². The lowest BCUT2D eigenvalue weighted by atomic mass is 9.88. The van der Waals surface area contributed by atoms with Gasteiger partial charge in [0.15, 0.2) is 5.82 Å². The number of nitrogens with zero attached hydrogens (tertiary/aromatic N) is 4. The molecule has 4 heterocycles. The Morgan fingerprint density at radius 2 is 1.80 bits per heavy atom. The molecule has 7 rings (SSSR count). The molecule has 2 aromatic carbocycles. The van der Waals surface area contributed by atoms with Gasteiger partial charge < -0.3 is 10.3 Å². The Kier molecular flexibility index (Phi) is 6.03. The zero-order valence-electron chi connectivity index (χ0n) is 21.6. The largest absolute Gasteiger partial charge is 0.336 e. The Balaban J connectivity index is 1.23. The molecule has 1 aliphatic carbocycles. The number of anilines is 1. The van der Waals surface area contributed by atoms with Gasteiger partial charge in [-0.1, -0.05) is 37.5 Å². The maximum absolute atomic E-state index is 14.6. The maximum atomic E-state index is 14.6. The highest BCUT2D eigenvalue weighted by Crippen LogP contribution is 2.33. The minimum atomic E-state index is -0.354. The summed E-state index contributed by atoms with van der Waals surface area (Å²) in [6, 6.07) is 16.3. The molecule has 1 saturated carbocycles. The van der Waals surface area contributed by atoms with Crippen LogP contribution in [0.5, 0.6) is 0 Å². The Morgan fingerprint density at radius 1 is 0.925 bits per heavy atom. The number of H-pyrrole nitrogens is 2. The molecule has 198 valence electrons. The molecule has 3 N–H and O–H groups in total. The van der Waals surface area contributed by atoms with Crippen LogP contribution in [-0.2, 0) is 4.79 Å². The van der Waals surface area contributed by atoms with E-state index in [2.05, 4.69) is 30.5 Å². The number of carbonyl (C=O) groups is 1. The molecule has 0 radical (unpaired) electrons. The molecule has 0 bridgehead atoms. The van der Waals surface area contributed by atoms with Crippen molar-refractivity contribution in [1.82, 2.24) is 30.1 Å². The molecule has 0 aliphatic heterocycles. The first-order chi connectivity index (χ1) is 19.6. The average molecular weight is 532 g/mol. The fourth-order valence-electron chi connectivity index (χ4n) is 5.55. The lowest BCUT2D eigenvalue weighted by Gasteiger charge is -2.20. The van der Waals surface area contributed by atoms with E-state index in [4.69, 9.17) is 4.98 Å². The summed E-state index contributed by atoms with van der Waals surface area (Å²) in [5, 5.41) is 11.5. The van der Waals surface area contributed by atoms with E-state index in [1.54, 1.807) is 36.8 Å². The van der Waals surface area contributed by atoms with Gasteiger partial charge in [-0.25, -0.2) is 9.37 Å². The van der Waals surface area contributed by atoms with Gasteiger partial charge in [0, 0.05) is 34.8 Å². The summed E-state index contributed by atoms with van der Waals surface area (Å²) in [5.74, 6) is 0.337. The second-order valence-electron chi connectivity index (χ2n) is 10.2. The van der Waals surface area contributed by atoms with Gasteiger partial charge >= 0.3 is 0 Å². The zero-order valence-corrected chi connectivity index (χ0v) is 21.6. The van der Waals surface area contributed by atoms with Crippen LogP contribution in [0.15, 0.2) is 73.2 Å². The topological polar surface area (TPSA) is 112 Å². The van der Waals surface area contributed by atoms with Crippen LogP contribution in [0, 0.1) is 11.7 Å². The summed E-state index contributed by atoms with van der Waals surface area (Å²) in [7, 11) is 0. The van der Waals surface area contributed by atoms with E-state index in [1.807, 2.05) is 30.3 Å². The maximum Gasteiger partial charge on any atom is 0.227 e. The molecule has 0 atom stereocenters. The second-order valence-corrected chi connectivity index (χ2v) is 10.2. The number of amides is 1. The van der Waals surface area contributed by atoms with Crippen molar-refractivity contribution in [2.75, 3.05) is 5.32 Å². The minimum absolute atomic E-state index is 0.0696. The van der Waals surface area contributed by atoms with E-state index in [0.717, 1.165) is 53.2 Å². The summed E-state index contributed by atoms with van der Waals surface area (Å²) >= 11 is 0. The number of pyridine rings is 2. The van der Waals surface area contributed by atoms with Crippen LogP contribution in [0.1, 0.15) is 32.1 Å². The summed E-state index contributed by atoms with van der Waals surface area (Å²) in [4.78, 5) is 29.7. The highest BCUT2D eigenvalue weighted by molar-refractivity contribution is 5.98. The molecule has 8 nitrogen and oxygen atoms in total. The SMILES string of the molecule is O=C(Nc1cncc(-c2ccc3[nH]nc(-c4nc5c(-c6ccccc6F)nccc5[nH]4)c3c2)c1)C1CCCCC1. The number of aromatic nitrogens is 6. The van der Waals surface area contributed by atoms with Crippen molar-refractivity contribution in [3.8, 4) is 33.9 Å². The number of hydrogen-bond acceptors (Lipinski definition) is 5. The summed E-state index contributed by atoms with van der Waals surface area (Å²) < 4.78 is 14.6. The van der Waals surface area contributed by atoms with Crippen LogP contribution < -0.4 is 5.32 Å². The lowest BCUT2D eigenvalue weighted by molar-refractivity contribution is -0.120. The van der Waals surface area contributed by atoms with E-state index < -0.39 is 0 Å². The number of carbonyl (C=O) groups excluding carboxylic acids is 1. The zero-order chi connectivity index (χ0) is 27.1. The van der Waals surface area contributed by atoms with Gasteiger partial charge in [0.05, 0.1) is 22.9 Å². The third-order valence-corrected chi connectivity index (χ3v) is 7.63. The number of aromatic amines is 2. The van der Waals surface area contributed by atoms with Crippen LogP contribution in [-0.4, -0.2) is 36.0 Å². The van der Waals surface area contributed by atoms with Crippen molar-refractivity contribution in [2.24, 2.45) is 5.92 Å². The predicted molar refractivity (Wildman–Crippen MR) is 153 cm³/mol. The van der Waals surface area contributed by atoms with Gasteiger partial charge in [0.2, 0.25) is 5.91 Å². The normalized spacial score (nSPS) is 14.1. The Labute approximate surface area is 229 Å². The third-order valence-electron chi connectivity index (χ3n) is 7.63. The molecule has 1 amide bonds. The van der Waals surface area contributed by atoms with Crippen LogP contribution >= 0.6 is 0 Å². The number of hydrogen-bond donors (Lipinski definition) is 3. The number of imidazole rings is 1. The number of fused-ring (bicyclic) bond motifs is 2. The van der Waals surface area contributed by atoms with Gasteiger partial charge in [-0.05, 0) is 54.8 Å². The van der Waals surface area contributed by atoms with Crippen molar-refractivity contribution < 1.29 is 9.18 Å². The quantitative estimate of drug-likeness (QED) is 0.224. The molecule has 0 unspecified atom stereocenters. The van der Waals surface area contributed by atoms with Crippen molar-refractivity contribution in [2.45, 2.75) is 32.1 Å². The first kappa shape index (κ1) is 24.1. The van der Waals surface area contributed by atoms with E-state index in [0.29, 0.717) is 34.0 Å². The summed E-state index contributed by atoms with van der Waals surface area (Å²) in [6.07, 6.45) is 10.4. The molecule has 40 heavy (non-hydrogen) atoms. The standard InChI is InChI=1S/C31H26FN7O/c32-24-9-5-4-8-22(24)27-29-26(12-13-34-27)36-30(37-29)28-23-15-19(10-11-25(23)38-39-28)20-14-21(17-33-16-20)35-31(40)18-6-2-1-3-7-18/h4-5,8-18H,1-3,6-7H2,(H,35,40)(H,36,37)(H,38,39). The molecule has 9 heteroatoms. The van der Waals surface area contributed by atoms with Crippen molar-refractivity contribution in [3.63, 3.8) is 0 Å². The van der Waals surface area contributed by atoms with Crippen molar-refractivity contribution in [3.05, 3.63) is 79.0 Å². The molecular weight excluding hydrogens is 505 g/mol. The van der Waals surface area contributed by atoms with Crippen LogP contribution in [0.4, 0.5) is 10.1 Å². The van der Waals surface area contributed by atoms with E-state index >= 15 is 0 Å². The van der Waals surface area contributed by atoms with Crippen LogP contribution in [0.2, 0.25) is 0 Å². The summed E-state index contributed by atoms with van der Waals surface area (Å²) in [5.41, 5.74) is 6.16. The number of nitrogens with one attached hydrogen (secondary N) is 3. The molecule has 1 fully saturated rings. The summed E-state index contributed by atoms with van der Waals surface area (Å²) in [6.45, 7) is 0. The molecular formula is C31H26FN7O. The molecule has 4 aromatic heterocycles. The molecule has 0 spiro atoms. The lowest BCUT2D eigenvalue weighted by Crippen LogP contribution is -2.24. The Hall–Kier alpha value is -4.92. The van der Waals surface area contributed by atoms with Crippen LogP contribution in [0.25, 0.3) is 55.8 Å². The molecule has 6 aromatic rings. The van der Waals surface area contributed by atoms with Gasteiger partial charge in [-0.2, -0.15) is 5.10 Å². The van der Waals surface area contributed by atoms with Crippen molar-refractivity contribution in [1.29, 1.82) is 0 Å². The predicted octanol–water partition coefficient (Wildman–Crippen LogP) is 6.89. The number of benzene rings is 2. The fourth-order valence-corrected chi connectivity index (χ4v) is 5.55. The van der Waals surface area contributed by atoms with Gasteiger partial charge in [-0.15, -0.1) is 0 Å². The Morgan fingerprint density at radius 3 is 2.67 bits per heavy atom. The monoisotopic (exact) mass is 531 g/mol. The van der Waals surface area contributed by atoms with Gasteiger partial charge in [-0.3, -0.25) is 19.9 Å². The van der Waals surface area contributed by atoms with E-state index in [-0.39, 0.29) is 17.6 Å². The number of rotatable bonds is 5. The van der Waals surface area contributed by atoms with Crippen molar-refractivity contribution >= 4 is 33.5 Å². The fraction of sp³-hybridized carbons (Fsp3) is 0.194. The smallest absolute Gasteiger partial charge is 0.227 e. The van der Waals surface area contributed by atoms with Gasteiger partial charge in [0.25, 0.3) is 0 Å². The van der Waals surface area contributed by atoms with E-state index in [1.165, 1.54) is 12.5 Å². The van der Waals surface area contributed by atoms with Crippen LogP contribution in [0.3, 0.4) is 0 Å². The number of halogens is 1. The third kappa shape index (κ3) is 4.39. The average Bonchev–Trinajstić information content (AvgIpc) is 3.62. The molecule has 0 saturated heterocycles. The first-order valence-corrected chi connectivity index (χ1v) is 13.5. The Bertz CT molecular complexity index is 1870. The minimum Gasteiger partial charge on any atom is -0.336 e. The first-order valence-electron chi connectivity index (χ1n) is 13.5. The highest BCUT2D eigenvalue weighted by Gasteiger charge is 2.22. The second kappa shape index (κ2) is 10.00. The van der Waals surface area contributed by atoms with Gasteiger partial charge in [0.1, 0.15) is 22.7 Å².